The Morgan fingerprint density at radius 2 is 1.96 bits per heavy atom. The molecule has 1 fully saturated rings. The molecule has 8 nitrogen and oxygen atoms in total. The van der Waals surface area contributed by atoms with E-state index in [4.69, 9.17) is 9.47 Å². The van der Waals surface area contributed by atoms with Gasteiger partial charge in [-0.05, 0) is 24.5 Å². The van der Waals surface area contributed by atoms with E-state index in [1.54, 1.807) is 12.1 Å². The Morgan fingerprint density at radius 3 is 2.78 bits per heavy atom. The number of piperidine rings is 1. The number of benzene rings is 1. The molecule has 0 spiro atoms. The summed E-state index contributed by atoms with van der Waals surface area (Å²) < 4.78 is 12.6. The first kappa shape index (κ1) is 16.3. The zero-order valence-electron chi connectivity index (χ0n) is 14.7. The topological polar surface area (TPSA) is 86.8 Å². The maximum absolute atomic E-state index is 12.1. The predicted molar refractivity (Wildman–Crippen MR) is 96.0 cm³/mol. The maximum Gasteiger partial charge on any atom is 0.277 e. The molecule has 2 atom stereocenters. The van der Waals surface area contributed by atoms with Gasteiger partial charge in [-0.1, -0.05) is 6.07 Å². The highest BCUT2D eigenvalue weighted by Gasteiger charge is 2.35. The van der Waals surface area contributed by atoms with Gasteiger partial charge in [-0.25, -0.2) is 0 Å². The summed E-state index contributed by atoms with van der Waals surface area (Å²) in [5, 5.41) is 11.5. The Bertz CT molecular complexity index is 986. The number of hydrogen-bond acceptors (Lipinski definition) is 6. The zero-order chi connectivity index (χ0) is 18.5. The van der Waals surface area contributed by atoms with E-state index >= 15 is 0 Å². The second-order valence-electron chi connectivity index (χ2n) is 7.48. The molecule has 0 amide bonds. The van der Waals surface area contributed by atoms with E-state index in [0.717, 1.165) is 25.2 Å². The van der Waals surface area contributed by atoms with Crippen LogP contribution >= 0.6 is 0 Å². The number of likely N-dealkylation sites (tertiary alicyclic amines) is 1. The summed E-state index contributed by atoms with van der Waals surface area (Å²) in [4.78, 5) is 25.5. The Morgan fingerprint density at radius 1 is 1.15 bits per heavy atom. The number of rotatable bonds is 3. The van der Waals surface area contributed by atoms with Crippen LogP contribution in [-0.4, -0.2) is 34.3 Å². The van der Waals surface area contributed by atoms with E-state index in [0.29, 0.717) is 36.1 Å². The molecule has 1 aromatic carbocycles. The summed E-state index contributed by atoms with van der Waals surface area (Å²) in [7, 11) is 0. The molecule has 4 heterocycles. The molecule has 0 aliphatic carbocycles. The average Bonchev–Trinajstić information content (AvgIpc) is 3.09. The lowest BCUT2D eigenvalue weighted by atomic mass is 9.83. The molecule has 140 valence electrons. The molecule has 5 rings (SSSR count). The van der Waals surface area contributed by atoms with Crippen LogP contribution in [0.2, 0.25) is 0 Å². The van der Waals surface area contributed by atoms with Gasteiger partial charge < -0.3 is 14.0 Å². The van der Waals surface area contributed by atoms with Crippen molar-refractivity contribution in [2.75, 3.05) is 19.9 Å². The van der Waals surface area contributed by atoms with Crippen LogP contribution in [0.5, 0.6) is 11.5 Å². The van der Waals surface area contributed by atoms with E-state index in [2.05, 4.69) is 4.90 Å². The minimum atomic E-state index is -0.364. The van der Waals surface area contributed by atoms with E-state index < -0.39 is 0 Å². The first-order valence-electron chi connectivity index (χ1n) is 9.07. The monoisotopic (exact) mass is 369 g/mol. The van der Waals surface area contributed by atoms with Gasteiger partial charge >= 0.3 is 0 Å². The summed E-state index contributed by atoms with van der Waals surface area (Å²) >= 11 is 0. The largest absolute Gasteiger partial charge is 0.454 e. The van der Waals surface area contributed by atoms with Crippen LogP contribution in [0.4, 0.5) is 5.69 Å². The Labute approximate surface area is 155 Å². The SMILES string of the molecule is O=c1cccc2n1C[C@H]1C[C@@H]2CN(Cc2cc3c(cc2[N+](=O)[O-])OCO3)C1. The van der Waals surface area contributed by atoms with Gasteiger partial charge in [0.05, 0.1) is 11.0 Å². The first-order valence-corrected chi connectivity index (χ1v) is 9.07. The Hall–Kier alpha value is -2.87. The average molecular weight is 369 g/mol. The van der Waals surface area contributed by atoms with Crippen LogP contribution in [0, 0.1) is 16.0 Å². The third-order valence-corrected chi connectivity index (χ3v) is 5.72. The molecule has 0 unspecified atom stereocenters. The van der Waals surface area contributed by atoms with E-state index in [1.807, 2.05) is 16.7 Å². The standard InChI is InChI=1S/C19H19N3O5/c23-19-3-1-2-15-13-4-12(8-21(15)19)7-20(9-13)10-14-5-17-18(27-11-26-17)6-16(14)22(24)25/h1-3,5-6,12-13H,4,7-11H2/t12-,13+/m0/s1. The van der Waals surface area contributed by atoms with Gasteiger partial charge in [-0.15, -0.1) is 0 Å². The van der Waals surface area contributed by atoms with Crippen LogP contribution in [0.3, 0.4) is 0 Å². The van der Waals surface area contributed by atoms with Crippen molar-refractivity contribution in [3.8, 4) is 11.5 Å². The summed E-state index contributed by atoms with van der Waals surface area (Å²) in [5.41, 5.74) is 1.83. The van der Waals surface area contributed by atoms with Crippen LogP contribution in [0.1, 0.15) is 23.6 Å². The summed E-state index contributed by atoms with van der Waals surface area (Å²) in [6.45, 7) is 2.89. The van der Waals surface area contributed by atoms with Gasteiger partial charge in [0.2, 0.25) is 6.79 Å². The normalized spacial score (nSPS) is 23.1. The van der Waals surface area contributed by atoms with Crippen LogP contribution in [0.25, 0.3) is 0 Å². The fourth-order valence-electron chi connectivity index (χ4n) is 4.64. The predicted octanol–water partition coefficient (Wildman–Crippen LogP) is 2.10. The molecule has 2 bridgehead atoms. The van der Waals surface area contributed by atoms with Crippen molar-refractivity contribution in [1.29, 1.82) is 0 Å². The first-order chi connectivity index (χ1) is 13.1. The van der Waals surface area contributed by atoms with Crippen molar-refractivity contribution in [3.63, 3.8) is 0 Å². The highest BCUT2D eigenvalue weighted by molar-refractivity contribution is 5.55. The molecule has 2 aromatic rings. The second kappa shape index (κ2) is 6.09. The molecule has 8 heteroatoms. The molecule has 0 N–H and O–H groups in total. The van der Waals surface area contributed by atoms with Crippen molar-refractivity contribution >= 4 is 5.69 Å². The molecule has 0 saturated carbocycles. The molecule has 0 radical (unpaired) electrons. The second-order valence-corrected chi connectivity index (χ2v) is 7.48. The number of hydrogen-bond donors (Lipinski definition) is 0. The molecule has 3 aliphatic heterocycles. The third kappa shape index (κ3) is 2.76. The van der Waals surface area contributed by atoms with Crippen molar-refractivity contribution in [2.24, 2.45) is 5.92 Å². The summed E-state index contributed by atoms with van der Waals surface area (Å²) in [6, 6.07) is 8.63. The minimum Gasteiger partial charge on any atom is -0.454 e. The van der Waals surface area contributed by atoms with Gasteiger partial charge in [-0.2, -0.15) is 0 Å². The van der Waals surface area contributed by atoms with E-state index in [1.165, 1.54) is 6.07 Å². The fourth-order valence-corrected chi connectivity index (χ4v) is 4.64. The Kier molecular flexibility index (Phi) is 3.68. The van der Waals surface area contributed by atoms with Crippen molar-refractivity contribution in [3.05, 3.63) is 62.1 Å². The number of nitro benzene ring substituents is 1. The summed E-state index contributed by atoms with van der Waals surface area (Å²) in [5.74, 6) is 1.64. The summed E-state index contributed by atoms with van der Waals surface area (Å²) in [6.07, 6.45) is 1.06. The van der Waals surface area contributed by atoms with Crippen LogP contribution in [0.15, 0.2) is 35.1 Å². The number of nitrogens with zero attached hydrogens (tertiary/aromatic N) is 3. The third-order valence-electron chi connectivity index (χ3n) is 5.72. The van der Waals surface area contributed by atoms with Crippen molar-refractivity contribution < 1.29 is 14.4 Å². The molecular weight excluding hydrogens is 350 g/mol. The lowest BCUT2D eigenvalue weighted by molar-refractivity contribution is -0.385. The van der Waals surface area contributed by atoms with Crippen LogP contribution in [-0.2, 0) is 13.1 Å². The molecule has 1 aromatic heterocycles. The van der Waals surface area contributed by atoms with E-state index in [9.17, 15) is 14.9 Å². The zero-order valence-corrected chi connectivity index (χ0v) is 14.7. The quantitative estimate of drug-likeness (QED) is 0.608. The van der Waals surface area contributed by atoms with Crippen molar-refractivity contribution in [1.82, 2.24) is 9.47 Å². The van der Waals surface area contributed by atoms with Gasteiger partial charge in [0, 0.05) is 49.4 Å². The number of pyridine rings is 1. The fraction of sp³-hybridized carbons (Fsp3) is 0.421. The van der Waals surface area contributed by atoms with Gasteiger partial charge in [0.25, 0.3) is 11.2 Å². The van der Waals surface area contributed by atoms with Gasteiger partial charge in [-0.3, -0.25) is 19.8 Å². The number of aromatic nitrogens is 1. The number of fused-ring (bicyclic) bond motifs is 5. The maximum atomic E-state index is 12.1. The smallest absolute Gasteiger partial charge is 0.277 e. The highest BCUT2D eigenvalue weighted by Crippen LogP contribution is 2.40. The van der Waals surface area contributed by atoms with E-state index in [-0.39, 0.29) is 28.9 Å². The Balaban J connectivity index is 1.43. The number of ether oxygens (including phenoxy) is 2. The lowest BCUT2D eigenvalue weighted by Gasteiger charge is -2.42. The van der Waals surface area contributed by atoms with Gasteiger partial charge in [0.15, 0.2) is 11.5 Å². The van der Waals surface area contributed by atoms with Gasteiger partial charge in [0.1, 0.15) is 0 Å². The molecule has 27 heavy (non-hydrogen) atoms. The molecule has 3 aliphatic rings. The molecule has 1 saturated heterocycles. The molecular formula is C19H19N3O5. The minimum absolute atomic E-state index is 0.0575. The highest BCUT2D eigenvalue weighted by atomic mass is 16.7. The number of nitro groups is 1. The lowest BCUT2D eigenvalue weighted by Crippen LogP contribution is -2.46. The van der Waals surface area contributed by atoms with Crippen molar-refractivity contribution in [2.45, 2.75) is 25.4 Å². The van der Waals surface area contributed by atoms with Crippen LogP contribution < -0.4 is 15.0 Å².